The van der Waals surface area contributed by atoms with Crippen LogP contribution in [0.1, 0.15) is 44.8 Å². The van der Waals surface area contributed by atoms with Crippen molar-refractivity contribution in [3.05, 3.63) is 36.0 Å². The maximum atomic E-state index is 12.4. The molecule has 1 unspecified atom stereocenters. The Hall–Kier alpha value is -1.82. The van der Waals surface area contributed by atoms with Gasteiger partial charge in [0.1, 0.15) is 0 Å². The third-order valence-electron chi connectivity index (χ3n) is 3.95. The van der Waals surface area contributed by atoms with E-state index in [9.17, 15) is 4.79 Å². The van der Waals surface area contributed by atoms with Crippen LogP contribution in [-0.4, -0.2) is 28.8 Å². The van der Waals surface area contributed by atoms with Gasteiger partial charge in [-0.15, -0.1) is 11.8 Å². The van der Waals surface area contributed by atoms with Crippen molar-refractivity contribution in [3.63, 3.8) is 0 Å². The maximum absolute atomic E-state index is 12.4. The molecule has 1 fully saturated rings. The fourth-order valence-electron chi connectivity index (χ4n) is 2.61. The Labute approximate surface area is 140 Å². The van der Waals surface area contributed by atoms with Gasteiger partial charge in [-0.1, -0.05) is 32.0 Å². The lowest BCUT2D eigenvalue weighted by Gasteiger charge is -2.16. The van der Waals surface area contributed by atoms with Gasteiger partial charge in [0.2, 0.25) is 11.8 Å². The van der Waals surface area contributed by atoms with Crippen LogP contribution in [0, 0.1) is 0 Å². The van der Waals surface area contributed by atoms with Crippen molar-refractivity contribution in [2.45, 2.75) is 43.4 Å². The molecule has 1 aliphatic rings. The van der Waals surface area contributed by atoms with Crippen molar-refractivity contribution < 1.29 is 9.32 Å². The molecule has 0 saturated carbocycles. The number of anilines is 1. The van der Waals surface area contributed by atoms with Crippen molar-refractivity contribution in [3.8, 4) is 0 Å². The zero-order chi connectivity index (χ0) is 16.6. The second-order valence-electron chi connectivity index (χ2n) is 6.81. The van der Waals surface area contributed by atoms with Crippen molar-refractivity contribution in [2.75, 3.05) is 17.7 Å². The van der Waals surface area contributed by atoms with Gasteiger partial charge in [-0.05, 0) is 24.5 Å². The fraction of sp³-hybridized carbons (Fsp3) is 0.471. The summed E-state index contributed by atoms with van der Waals surface area (Å²) in [5, 5.41) is 4.06. The van der Waals surface area contributed by atoms with Crippen LogP contribution >= 0.6 is 11.8 Å². The molecule has 2 heterocycles. The summed E-state index contributed by atoms with van der Waals surface area (Å²) in [5.74, 6) is 1.31. The molecule has 0 radical (unpaired) electrons. The average Bonchev–Trinajstić information content (AvgIpc) is 3.13. The van der Waals surface area contributed by atoms with Crippen molar-refractivity contribution >= 4 is 23.4 Å². The lowest BCUT2D eigenvalue weighted by atomic mass is 9.96. The quantitative estimate of drug-likeness (QED) is 0.804. The highest BCUT2D eigenvalue weighted by molar-refractivity contribution is 7.98. The number of hydrogen-bond acceptors (Lipinski definition) is 5. The molecular weight excluding hydrogens is 310 g/mol. The van der Waals surface area contributed by atoms with Gasteiger partial charge in [-0.3, -0.25) is 4.79 Å². The molecule has 23 heavy (non-hydrogen) atoms. The second-order valence-corrected chi connectivity index (χ2v) is 7.69. The molecule has 1 atom stereocenters. The fourth-order valence-corrected chi connectivity index (χ4v) is 3.06. The van der Waals surface area contributed by atoms with E-state index in [0.29, 0.717) is 24.7 Å². The zero-order valence-electron chi connectivity index (χ0n) is 13.9. The summed E-state index contributed by atoms with van der Waals surface area (Å²) in [6.45, 7) is 6.72. The van der Waals surface area contributed by atoms with Crippen LogP contribution in [0.4, 0.5) is 5.69 Å². The Balaban J connectivity index is 1.81. The second kappa shape index (κ2) is 6.00. The summed E-state index contributed by atoms with van der Waals surface area (Å²) in [4.78, 5) is 19.8. The van der Waals surface area contributed by atoms with Gasteiger partial charge in [0.05, 0.1) is 5.92 Å². The first-order chi connectivity index (χ1) is 10.9. The topological polar surface area (TPSA) is 59.2 Å². The first kappa shape index (κ1) is 16.1. The minimum Gasteiger partial charge on any atom is -0.339 e. The molecule has 122 valence electrons. The zero-order valence-corrected chi connectivity index (χ0v) is 14.7. The normalized spacial score (nSPS) is 18.7. The van der Waals surface area contributed by atoms with Crippen molar-refractivity contribution in [1.82, 2.24) is 10.1 Å². The maximum Gasteiger partial charge on any atom is 0.232 e. The minimum atomic E-state index is -0.156. The number of amides is 1. The SMILES string of the molecule is CSc1cccc(N2CC(c3nc(C(C)(C)C)no3)CC2=O)c1. The van der Waals surface area contributed by atoms with E-state index in [1.54, 1.807) is 11.8 Å². The van der Waals surface area contributed by atoms with E-state index in [2.05, 4.69) is 10.1 Å². The molecule has 1 saturated heterocycles. The van der Waals surface area contributed by atoms with E-state index < -0.39 is 0 Å². The molecule has 0 aliphatic carbocycles. The molecule has 6 heteroatoms. The molecule has 3 rings (SSSR count). The number of carbonyl (C=O) groups is 1. The lowest BCUT2D eigenvalue weighted by Crippen LogP contribution is -2.24. The predicted octanol–water partition coefficient (Wildman–Crippen LogP) is 3.61. The summed E-state index contributed by atoms with van der Waals surface area (Å²) in [6, 6.07) is 8.03. The van der Waals surface area contributed by atoms with Gasteiger partial charge in [-0.2, -0.15) is 4.98 Å². The third-order valence-corrected chi connectivity index (χ3v) is 4.68. The van der Waals surface area contributed by atoms with E-state index in [4.69, 9.17) is 4.52 Å². The Bertz CT molecular complexity index is 721. The summed E-state index contributed by atoms with van der Waals surface area (Å²) in [7, 11) is 0. The summed E-state index contributed by atoms with van der Waals surface area (Å²) >= 11 is 1.67. The van der Waals surface area contributed by atoms with E-state index in [-0.39, 0.29) is 17.2 Å². The van der Waals surface area contributed by atoms with Crippen LogP contribution in [0.15, 0.2) is 33.7 Å². The van der Waals surface area contributed by atoms with E-state index in [0.717, 1.165) is 10.6 Å². The van der Waals surface area contributed by atoms with Gasteiger partial charge in [0.15, 0.2) is 5.82 Å². The van der Waals surface area contributed by atoms with Crippen molar-refractivity contribution in [2.24, 2.45) is 0 Å². The molecule has 1 aromatic carbocycles. The van der Waals surface area contributed by atoms with E-state index in [1.165, 1.54) is 0 Å². The number of nitrogens with zero attached hydrogens (tertiary/aromatic N) is 3. The summed E-state index contributed by atoms with van der Waals surface area (Å²) in [6.07, 6.45) is 2.44. The molecule has 1 aliphatic heterocycles. The van der Waals surface area contributed by atoms with Gasteiger partial charge < -0.3 is 9.42 Å². The minimum absolute atomic E-state index is 0.0379. The standard InChI is InChI=1S/C17H21N3O2S/c1-17(2,3)16-18-15(22-19-16)11-8-14(21)20(10-11)12-6-5-7-13(9-12)23-4/h5-7,9,11H,8,10H2,1-4H3. The molecule has 0 bridgehead atoms. The molecule has 5 nitrogen and oxygen atoms in total. The number of thioether (sulfide) groups is 1. The molecule has 0 N–H and O–H groups in total. The molecule has 1 aromatic heterocycles. The number of hydrogen-bond donors (Lipinski definition) is 0. The highest BCUT2D eigenvalue weighted by atomic mass is 32.2. The monoisotopic (exact) mass is 331 g/mol. The number of aromatic nitrogens is 2. The highest BCUT2D eigenvalue weighted by Crippen LogP contribution is 2.33. The highest BCUT2D eigenvalue weighted by Gasteiger charge is 2.36. The van der Waals surface area contributed by atoms with Crippen LogP contribution in [0.3, 0.4) is 0 Å². The van der Waals surface area contributed by atoms with Gasteiger partial charge in [-0.25, -0.2) is 0 Å². The van der Waals surface area contributed by atoms with Gasteiger partial charge in [0, 0.05) is 29.0 Å². The Morgan fingerprint density at radius 2 is 2.13 bits per heavy atom. The van der Waals surface area contributed by atoms with Crippen LogP contribution in [-0.2, 0) is 10.2 Å². The third kappa shape index (κ3) is 3.27. The number of benzene rings is 1. The predicted molar refractivity (Wildman–Crippen MR) is 90.9 cm³/mol. The largest absolute Gasteiger partial charge is 0.339 e. The Morgan fingerprint density at radius 1 is 1.35 bits per heavy atom. The molecule has 2 aromatic rings. The number of carbonyl (C=O) groups excluding carboxylic acids is 1. The Kier molecular flexibility index (Phi) is 4.19. The summed E-state index contributed by atoms with van der Waals surface area (Å²) < 4.78 is 5.41. The van der Waals surface area contributed by atoms with Crippen LogP contribution in [0.2, 0.25) is 0 Å². The first-order valence-corrected chi connectivity index (χ1v) is 8.89. The molecular formula is C17H21N3O2S. The van der Waals surface area contributed by atoms with Gasteiger partial charge in [0.25, 0.3) is 0 Å². The lowest BCUT2D eigenvalue weighted by molar-refractivity contribution is -0.117. The molecule has 0 spiro atoms. The van der Waals surface area contributed by atoms with Crippen LogP contribution in [0.25, 0.3) is 0 Å². The average molecular weight is 331 g/mol. The smallest absolute Gasteiger partial charge is 0.232 e. The Morgan fingerprint density at radius 3 is 2.78 bits per heavy atom. The van der Waals surface area contributed by atoms with Crippen LogP contribution in [0.5, 0.6) is 0 Å². The molecule has 1 amide bonds. The van der Waals surface area contributed by atoms with Gasteiger partial charge >= 0.3 is 0 Å². The van der Waals surface area contributed by atoms with Crippen molar-refractivity contribution in [1.29, 1.82) is 0 Å². The van der Waals surface area contributed by atoms with E-state index >= 15 is 0 Å². The van der Waals surface area contributed by atoms with Crippen LogP contribution < -0.4 is 4.90 Å². The first-order valence-electron chi connectivity index (χ1n) is 7.67. The summed E-state index contributed by atoms with van der Waals surface area (Å²) in [5.41, 5.74) is 0.774. The van der Waals surface area contributed by atoms with E-state index in [1.807, 2.05) is 56.2 Å². The number of rotatable bonds is 3.